The first-order valence-electron chi connectivity index (χ1n) is 7.84. The van der Waals surface area contributed by atoms with Gasteiger partial charge in [-0.1, -0.05) is 0 Å². The van der Waals surface area contributed by atoms with E-state index in [0.717, 1.165) is 37.1 Å². The third-order valence-electron chi connectivity index (χ3n) is 4.01. The monoisotopic (exact) mass is 328 g/mol. The van der Waals surface area contributed by atoms with Gasteiger partial charge in [0.2, 0.25) is 11.9 Å². The molecule has 0 amide bonds. The van der Waals surface area contributed by atoms with Crippen molar-refractivity contribution >= 4 is 22.9 Å². The third-order valence-corrected chi connectivity index (χ3v) is 4.01. The Labute approximate surface area is 137 Å². The molecule has 0 bridgehead atoms. The highest BCUT2D eigenvalue weighted by Gasteiger charge is 2.14. The van der Waals surface area contributed by atoms with Gasteiger partial charge in [0, 0.05) is 43.7 Å². The Morgan fingerprint density at radius 3 is 3.00 bits per heavy atom. The average Bonchev–Trinajstić information content (AvgIpc) is 3.03. The molecule has 124 valence electrons. The van der Waals surface area contributed by atoms with Gasteiger partial charge in [-0.2, -0.15) is 4.98 Å². The van der Waals surface area contributed by atoms with Crippen LogP contribution in [0.15, 0.2) is 35.2 Å². The number of nitrogens with one attached hydrogen (secondary N) is 2. The van der Waals surface area contributed by atoms with Gasteiger partial charge < -0.3 is 20.0 Å². The van der Waals surface area contributed by atoms with Crippen molar-refractivity contribution in [3.63, 3.8) is 0 Å². The summed E-state index contributed by atoms with van der Waals surface area (Å²) in [6, 6.07) is 4.48. The van der Waals surface area contributed by atoms with Gasteiger partial charge in [-0.3, -0.25) is 0 Å². The molecule has 2 N–H and O–H groups in total. The van der Waals surface area contributed by atoms with E-state index in [2.05, 4.69) is 30.5 Å². The van der Waals surface area contributed by atoms with Crippen molar-refractivity contribution < 1.29 is 8.81 Å². The normalized spacial score (nSPS) is 15.0. The van der Waals surface area contributed by atoms with E-state index < -0.39 is 0 Å². The Kier molecular flexibility index (Phi) is 3.96. The highest BCUT2D eigenvalue weighted by molar-refractivity contribution is 5.81. The third kappa shape index (κ3) is 3.00. The summed E-state index contributed by atoms with van der Waals surface area (Å²) in [4.78, 5) is 15.0. The molecule has 7 nitrogen and oxygen atoms in total. The lowest BCUT2D eigenvalue weighted by molar-refractivity contribution is 0.579. The van der Waals surface area contributed by atoms with Crippen LogP contribution in [-0.2, 0) is 6.54 Å². The largest absolute Gasteiger partial charge is 0.464 e. The van der Waals surface area contributed by atoms with Crippen molar-refractivity contribution in [3.05, 3.63) is 42.2 Å². The molecule has 1 fully saturated rings. The quantitative estimate of drug-likeness (QED) is 0.756. The number of fused-ring (bicyclic) bond motifs is 1. The van der Waals surface area contributed by atoms with Gasteiger partial charge in [0.05, 0.1) is 6.26 Å². The highest BCUT2D eigenvalue weighted by atomic mass is 19.1. The van der Waals surface area contributed by atoms with E-state index in [1.165, 1.54) is 18.5 Å². The van der Waals surface area contributed by atoms with E-state index in [1.807, 2.05) is 0 Å². The second-order valence-electron chi connectivity index (χ2n) is 5.60. The molecule has 1 aromatic carbocycles. The Bertz CT molecular complexity index is 845. The number of hydrogen-bond acceptors (Lipinski definition) is 7. The topological polar surface area (TPSA) is 79.1 Å². The van der Waals surface area contributed by atoms with Crippen LogP contribution in [0.2, 0.25) is 0 Å². The first kappa shape index (κ1) is 14.8. The smallest absolute Gasteiger partial charge is 0.230 e. The minimum Gasteiger partial charge on any atom is -0.464 e. The lowest BCUT2D eigenvalue weighted by atomic mass is 10.2. The minimum absolute atomic E-state index is 0.286. The molecular formula is C16H17FN6O. The number of benzene rings is 1. The number of hydrogen-bond donors (Lipinski definition) is 2. The second-order valence-corrected chi connectivity index (χ2v) is 5.60. The summed E-state index contributed by atoms with van der Waals surface area (Å²) < 4.78 is 18.8. The van der Waals surface area contributed by atoms with E-state index in [-0.39, 0.29) is 5.82 Å². The maximum absolute atomic E-state index is 13.4. The molecule has 4 rings (SSSR count). The SMILES string of the molecule is Fc1ccc2occ(CNc3ncnc(N4CCNCC4)n3)c2c1. The van der Waals surface area contributed by atoms with Crippen LogP contribution in [-0.4, -0.2) is 41.1 Å². The van der Waals surface area contributed by atoms with E-state index in [0.29, 0.717) is 24.0 Å². The number of halogens is 1. The molecule has 0 saturated carbocycles. The van der Waals surface area contributed by atoms with Gasteiger partial charge in [0.1, 0.15) is 17.7 Å². The molecule has 0 unspecified atom stereocenters. The first-order chi connectivity index (χ1) is 11.8. The first-order valence-corrected chi connectivity index (χ1v) is 7.84. The fourth-order valence-electron chi connectivity index (χ4n) is 2.76. The van der Waals surface area contributed by atoms with Crippen LogP contribution in [0.3, 0.4) is 0 Å². The van der Waals surface area contributed by atoms with Gasteiger partial charge >= 0.3 is 0 Å². The average molecular weight is 328 g/mol. The number of piperazine rings is 1. The summed E-state index contributed by atoms with van der Waals surface area (Å²) in [5.74, 6) is 0.868. The van der Waals surface area contributed by atoms with Crippen LogP contribution >= 0.6 is 0 Å². The predicted molar refractivity (Wildman–Crippen MR) is 88.4 cm³/mol. The van der Waals surface area contributed by atoms with Gasteiger partial charge in [0.15, 0.2) is 0 Å². The zero-order chi connectivity index (χ0) is 16.4. The van der Waals surface area contributed by atoms with Crippen molar-refractivity contribution in [2.75, 3.05) is 36.4 Å². The van der Waals surface area contributed by atoms with E-state index >= 15 is 0 Å². The molecule has 1 aliphatic rings. The number of aromatic nitrogens is 3. The van der Waals surface area contributed by atoms with Crippen molar-refractivity contribution in [2.45, 2.75) is 6.54 Å². The van der Waals surface area contributed by atoms with Gasteiger partial charge in [-0.15, -0.1) is 0 Å². The summed E-state index contributed by atoms with van der Waals surface area (Å²) in [7, 11) is 0. The van der Waals surface area contributed by atoms with Gasteiger partial charge in [-0.25, -0.2) is 14.4 Å². The minimum atomic E-state index is -0.286. The molecule has 1 aliphatic heterocycles. The number of anilines is 2. The lowest BCUT2D eigenvalue weighted by Crippen LogP contribution is -2.44. The number of furan rings is 1. The van der Waals surface area contributed by atoms with Crippen LogP contribution in [0.4, 0.5) is 16.3 Å². The summed E-state index contributed by atoms with van der Waals surface area (Å²) in [5, 5.41) is 7.19. The summed E-state index contributed by atoms with van der Waals surface area (Å²) in [6.07, 6.45) is 3.12. The number of rotatable bonds is 4. The molecule has 0 aliphatic carbocycles. The molecule has 0 radical (unpaired) electrons. The van der Waals surface area contributed by atoms with Gasteiger partial charge in [-0.05, 0) is 18.2 Å². The molecule has 0 atom stereocenters. The molecule has 1 saturated heterocycles. The van der Waals surface area contributed by atoms with Crippen LogP contribution in [0.5, 0.6) is 0 Å². The van der Waals surface area contributed by atoms with E-state index in [9.17, 15) is 4.39 Å². The molecule has 2 aromatic heterocycles. The Morgan fingerprint density at radius 2 is 2.12 bits per heavy atom. The lowest BCUT2D eigenvalue weighted by Gasteiger charge is -2.27. The maximum atomic E-state index is 13.4. The van der Waals surface area contributed by atoms with E-state index in [4.69, 9.17) is 4.42 Å². The predicted octanol–water partition coefficient (Wildman–Crippen LogP) is 1.78. The molecular weight excluding hydrogens is 311 g/mol. The molecule has 24 heavy (non-hydrogen) atoms. The van der Waals surface area contributed by atoms with Crippen LogP contribution < -0.4 is 15.5 Å². The maximum Gasteiger partial charge on any atom is 0.230 e. The molecule has 8 heteroatoms. The van der Waals surface area contributed by atoms with Crippen LogP contribution in [0, 0.1) is 5.82 Å². The fraction of sp³-hybridized carbons (Fsp3) is 0.312. The Hall–Kier alpha value is -2.74. The molecule has 0 spiro atoms. The molecule has 3 heterocycles. The summed E-state index contributed by atoms with van der Waals surface area (Å²) >= 11 is 0. The standard InChI is InChI=1S/C16H17FN6O/c17-12-1-2-14-13(7-12)11(9-24-14)8-19-15-20-10-21-16(22-15)23-5-3-18-4-6-23/h1-2,7,9-10,18H,3-6,8H2,(H,19,20,21,22). The Balaban J connectivity index is 1.49. The van der Waals surface area contributed by atoms with E-state index in [1.54, 1.807) is 12.3 Å². The van der Waals surface area contributed by atoms with Crippen molar-refractivity contribution in [1.29, 1.82) is 0 Å². The van der Waals surface area contributed by atoms with Crippen molar-refractivity contribution in [3.8, 4) is 0 Å². The highest BCUT2D eigenvalue weighted by Crippen LogP contribution is 2.22. The van der Waals surface area contributed by atoms with Crippen molar-refractivity contribution in [2.24, 2.45) is 0 Å². The van der Waals surface area contributed by atoms with Crippen LogP contribution in [0.25, 0.3) is 11.0 Å². The van der Waals surface area contributed by atoms with Gasteiger partial charge in [0.25, 0.3) is 0 Å². The van der Waals surface area contributed by atoms with Crippen molar-refractivity contribution in [1.82, 2.24) is 20.3 Å². The van der Waals surface area contributed by atoms with Crippen LogP contribution in [0.1, 0.15) is 5.56 Å². The Morgan fingerprint density at radius 1 is 1.25 bits per heavy atom. The summed E-state index contributed by atoms with van der Waals surface area (Å²) in [5.41, 5.74) is 1.51. The summed E-state index contributed by atoms with van der Waals surface area (Å²) in [6.45, 7) is 4.02. The molecule has 3 aromatic rings. The zero-order valence-electron chi connectivity index (χ0n) is 13.0. The number of nitrogens with zero attached hydrogens (tertiary/aromatic N) is 4. The zero-order valence-corrected chi connectivity index (χ0v) is 13.0. The fourth-order valence-corrected chi connectivity index (χ4v) is 2.76. The second kappa shape index (κ2) is 6.40.